The number of hydrogen-bond donors (Lipinski definition) is 0. The zero-order chi connectivity index (χ0) is 18.4. The number of likely N-dealkylation sites (tertiary alicyclic amines) is 1. The van der Waals surface area contributed by atoms with Gasteiger partial charge in [-0.1, -0.05) is 17.7 Å². The van der Waals surface area contributed by atoms with E-state index in [9.17, 15) is 4.79 Å². The molecular formula is C21H21ClN4O. The summed E-state index contributed by atoms with van der Waals surface area (Å²) in [6.07, 6.45) is 7.94. The van der Waals surface area contributed by atoms with E-state index in [0.29, 0.717) is 16.8 Å². The lowest BCUT2D eigenvalue weighted by atomic mass is 9.93. The first kappa shape index (κ1) is 16.8. The summed E-state index contributed by atoms with van der Waals surface area (Å²) in [6, 6.07) is 9.87. The van der Waals surface area contributed by atoms with Crippen LogP contribution in [-0.2, 0) is 4.79 Å². The maximum Gasteiger partial charge on any atom is 0.225 e. The van der Waals surface area contributed by atoms with Crippen molar-refractivity contribution in [3.8, 4) is 11.4 Å². The molecule has 2 aliphatic rings. The van der Waals surface area contributed by atoms with Gasteiger partial charge in [-0.05, 0) is 49.9 Å². The molecular weight excluding hydrogens is 360 g/mol. The van der Waals surface area contributed by atoms with E-state index in [4.69, 9.17) is 16.6 Å². The van der Waals surface area contributed by atoms with Crippen LogP contribution < -0.4 is 0 Å². The van der Waals surface area contributed by atoms with Crippen molar-refractivity contribution in [1.29, 1.82) is 0 Å². The van der Waals surface area contributed by atoms with Crippen molar-refractivity contribution in [3.05, 3.63) is 53.4 Å². The number of aromatic nitrogens is 3. The smallest absolute Gasteiger partial charge is 0.225 e. The van der Waals surface area contributed by atoms with Crippen LogP contribution in [0.2, 0.25) is 5.02 Å². The van der Waals surface area contributed by atoms with Crippen LogP contribution in [0.25, 0.3) is 17.0 Å². The monoisotopic (exact) mass is 380 g/mol. The van der Waals surface area contributed by atoms with E-state index in [2.05, 4.69) is 11.1 Å². The lowest BCUT2D eigenvalue weighted by molar-refractivity contribution is -0.133. The fourth-order valence-electron chi connectivity index (χ4n) is 3.97. The summed E-state index contributed by atoms with van der Waals surface area (Å²) in [5, 5.41) is 0.666. The van der Waals surface area contributed by atoms with Crippen LogP contribution in [0.15, 0.2) is 42.7 Å². The van der Waals surface area contributed by atoms with Gasteiger partial charge in [0, 0.05) is 36.8 Å². The van der Waals surface area contributed by atoms with E-state index in [1.54, 1.807) is 0 Å². The molecule has 1 aliphatic heterocycles. The van der Waals surface area contributed by atoms with Crippen molar-refractivity contribution in [2.45, 2.75) is 31.6 Å². The molecule has 2 fully saturated rings. The van der Waals surface area contributed by atoms with E-state index >= 15 is 0 Å². The number of nitrogens with zero attached hydrogens (tertiary/aromatic N) is 4. The van der Waals surface area contributed by atoms with Gasteiger partial charge < -0.3 is 4.90 Å². The van der Waals surface area contributed by atoms with Gasteiger partial charge in [0.25, 0.3) is 0 Å². The summed E-state index contributed by atoms with van der Waals surface area (Å²) in [6.45, 7) is 1.67. The molecule has 0 spiro atoms. The van der Waals surface area contributed by atoms with Crippen LogP contribution in [0.3, 0.4) is 0 Å². The van der Waals surface area contributed by atoms with Crippen molar-refractivity contribution in [2.24, 2.45) is 5.92 Å². The summed E-state index contributed by atoms with van der Waals surface area (Å²) in [5.74, 6) is 0.919. The number of carbonyl (C=O) groups is 1. The molecule has 6 heteroatoms. The van der Waals surface area contributed by atoms with Crippen LogP contribution >= 0.6 is 11.6 Å². The van der Waals surface area contributed by atoms with E-state index in [1.165, 1.54) is 0 Å². The van der Waals surface area contributed by atoms with Crippen LogP contribution in [0.4, 0.5) is 0 Å². The van der Waals surface area contributed by atoms with E-state index in [0.717, 1.165) is 61.5 Å². The lowest BCUT2D eigenvalue weighted by Gasteiger charge is -2.32. The Kier molecular flexibility index (Phi) is 4.12. The molecule has 5 nitrogen and oxygen atoms in total. The predicted molar refractivity (Wildman–Crippen MR) is 105 cm³/mol. The van der Waals surface area contributed by atoms with E-state index in [-0.39, 0.29) is 5.92 Å². The number of halogens is 1. The lowest BCUT2D eigenvalue weighted by Crippen LogP contribution is -2.40. The van der Waals surface area contributed by atoms with Crippen molar-refractivity contribution < 1.29 is 4.79 Å². The Morgan fingerprint density at radius 3 is 2.89 bits per heavy atom. The summed E-state index contributed by atoms with van der Waals surface area (Å²) >= 11 is 6.16. The van der Waals surface area contributed by atoms with Crippen molar-refractivity contribution in [3.63, 3.8) is 0 Å². The SMILES string of the molecule is O=C(C1CC1)N1CCC[C@H](c2cccc(-c3cnc4ccc(Cl)cn34)n2)C1. The third-order valence-corrected chi connectivity index (χ3v) is 5.80. The van der Waals surface area contributed by atoms with Gasteiger partial charge >= 0.3 is 0 Å². The van der Waals surface area contributed by atoms with Crippen molar-refractivity contribution in [1.82, 2.24) is 19.3 Å². The molecule has 4 heterocycles. The Bertz CT molecular complexity index is 1010. The minimum Gasteiger partial charge on any atom is -0.342 e. The van der Waals surface area contributed by atoms with Gasteiger partial charge in [-0.25, -0.2) is 4.98 Å². The second-order valence-corrected chi connectivity index (χ2v) is 8.00. The summed E-state index contributed by atoms with van der Waals surface area (Å²) < 4.78 is 1.97. The average molecular weight is 381 g/mol. The molecule has 1 atom stereocenters. The number of pyridine rings is 2. The molecule has 3 aromatic rings. The summed E-state index contributed by atoms with van der Waals surface area (Å²) in [4.78, 5) is 23.9. The zero-order valence-corrected chi connectivity index (χ0v) is 15.8. The standard InChI is InChI=1S/C21H21ClN4O/c22-16-8-9-20-23-11-19(26(20)13-16)18-5-1-4-17(24-18)15-3-2-10-25(12-15)21(27)14-6-7-14/h1,4-5,8-9,11,13-15H,2-3,6-7,10,12H2/t15-/m0/s1. The molecule has 1 saturated heterocycles. The summed E-state index contributed by atoms with van der Waals surface area (Å²) in [7, 11) is 0. The molecule has 27 heavy (non-hydrogen) atoms. The number of carbonyl (C=O) groups excluding carboxylic acids is 1. The number of imidazole rings is 1. The van der Waals surface area contributed by atoms with Gasteiger partial charge in [0.15, 0.2) is 0 Å². The van der Waals surface area contributed by atoms with E-state index < -0.39 is 0 Å². The molecule has 138 valence electrons. The maximum absolute atomic E-state index is 12.5. The Balaban J connectivity index is 1.44. The fourth-order valence-corrected chi connectivity index (χ4v) is 4.13. The van der Waals surface area contributed by atoms with Gasteiger partial charge in [-0.15, -0.1) is 0 Å². The number of fused-ring (bicyclic) bond motifs is 1. The Morgan fingerprint density at radius 1 is 1.15 bits per heavy atom. The number of piperidine rings is 1. The highest BCUT2D eigenvalue weighted by Crippen LogP contribution is 2.34. The highest BCUT2D eigenvalue weighted by Gasteiger charge is 2.35. The first-order valence-corrected chi connectivity index (χ1v) is 9.95. The molecule has 1 saturated carbocycles. The normalized spacial score (nSPS) is 20.2. The van der Waals surface area contributed by atoms with Crippen LogP contribution in [0.5, 0.6) is 0 Å². The maximum atomic E-state index is 12.5. The van der Waals surface area contributed by atoms with E-state index in [1.807, 2.05) is 46.0 Å². The zero-order valence-electron chi connectivity index (χ0n) is 15.0. The third kappa shape index (κ3) is 3.21. The van der Waals surface area contributed by atoms with Gasteiger partial charge in [-0.2, -0.15) is 0 Å². The molecule has 0 N–H and O–H groups in total. The minimum absolute atomic E-state index is 0.283. The minimum atomic E-state index is 0.283. The first-order valence-electron chi connectivity index (χ1n) is 9.58. The van der Waals surface area contributed by atoms with Crippen LogP contribution in [-0.4, -0.2) is 38.3 Å². The van der Waals surface area contributed by atoms with Gasteiger partial charge in [0.1, 0.15) is 5.65 Å². The molecule has 3 aromatic heterocycles. The van der Waals surface area contributed by atoms with Gasteiger partial charge in [-0.3, -0.25) is 14.2 Å². The fraction of sp³-hybridized carbons (Fsp3) is 0.381. The van der Waals surface area contributed by atoms with Gasteiger partial charge in [0.2, 0.25) is 5.91 Å². The topological polar surface area (TPSA) is 50.5 Å². The molecule has 5 rings (SSSR count). The molecule has 1 aliphatic carbocycles. The largest absolute Gasteiger partial charge is 0.342 e. The molecule has 0 aromatic carbocycles. The Labute approximate surface area is 163 Å². The molecule has 0 bridgehead atoms. The molecule has 0 radical (unpaired) electrons. The highest BCUT2D eigenvalue weighted by molar-refractivity contribution is 6.30. The van der Waals surface area contributed by atoms with Crippen molar-refractivity contribution >= 4 is 23.2 Å². The highest BCUT2D eigenvalue weighted by atomic mass is 35.5. The number of rotatable bonds is 3. The van der Waals surface area contributed by atoms with Crippen LogP contribution in [0.1, 0.15) is 37.3 Å². The predicted octanol–water partition coefficient (Wildman–Crippen LogP) is 4.17. The average Bonchev–Trinajstić information content (AvgIpc) is 3.47. The molecule has 0 unspecified atom stereocenters. The Hall–Kier alpha value is -2.40. The van der Waals surface area contributed by atoms with Crippen molar-refractivity contribution in [2.75, 3.05) is 13.1 Å². The van der Waals surface area contributed by atoms with Crippen LogP contribution in [0, 0.1) is 5.92 Å². The first-order chi connectivity index (χ1) is 13.2. The third-order valence-electron chi connectivity index (χ3n) is 5.58. The summed E-state index contributed by atoms with van der Waals surface area (Å²) in [5.41, 5.74) is 3.71. The number of amides is 1. The van der Waals surface area contributed by atoms with Gasteiger partial charge in [0.05, 0.1) is 22.6 Å². The Morgan fingerprint density at radius 2 is 2.04 bits per heavy atom. The quantitative estimate of drug-likeness (QED) is 0.685. The number of hydrogen-bond acceptors (Lipinski definition) is 3. The second-order valence-electron chi connectivity index (χ2n) is 7.56. The molecule has 1 amide bonds. The second kappa shape index (κ2) is 6.64.